The number of unbranched alkanes of at least 4 members (excludes halogenated alkanes) is 1. The number of likely N-dealkylation sites (N-methyl/N-ethyl adjacent to an activating group) is 1. The van der Waals surface area contributed by atoms with E-state index in [-0.39, 0.29) is 11.3 Å². The Kier molecular flexibility index (Phi) is 7.60. The van der Waals surface area contributed by atoms with Crippen LogP contribution < -0.4 is 14.2 Å². The van der Waals surface area contributed by atoms with E-state index in [1.54, 1.807) is 18.2 Å². The summed E-state index contributed by atoms with van der Waals surface area (Å²) in [6.45, 7) is 4.43. The molecule has 0 aliphatic carbocycles. The number of rotatable bonds is 9. The van der Waals surface area contributed by atoms with Crippen molar-refractivity contribution in [2.24, 2.45) is 0 Å². The number of ether oxygens (including phenoxy) is 3. The molecule has 8 heteroatoms. The molecular weight excluding hydrogens is 448 g/mol. The lowest BCUT2D eigenvalue weighted by molar-refractivity contribution is -0.140. The van der Waals surface area contributed by atoms with Crippen molar-refractivity contribution < 1.29 is 28.9 Å². The van der Waals surface area contributed by atoms with Gasteiger partial charge in [-0.2, -0.15) is 0 Å². The minimum absolute atomic E-state index is 0.0520. The fraction of sp³-hybridized carbons (Fsp3) is 0.407. The molecule has 1 fully saturated rings. The summed E-state index contributed by atoms with van der Waals surface area (Å²) < 4.78 is 17.1. The summed E-state index contributed by atoms with van der Waals surface area (Å²) in [7, 11) is 3.81. The molecule has 2 aromatic carbocycles. The Balaban J connectivity index is 1.77. The van der Waals surface area contributed by atoms with Crippen molar-refractivity contribution in [3.8, 4) is 17.2 Å². The highest BCUT2D eigenvalue weighted by molar-refractivity contribution is 6.46. The third-order valence-electron chi connectivity index (χ3n) is 6.08. The Morgan fingerprint density at radius 1 is 1.11 bits per heavy atom. The summed E-state index contributed by atoms with van der Waals surface area (Å²) in [5.74, 6) is 0.146. The van der Waals surface area contributed by atoms with Gasteiger partial charge in [0.05, 0.1) is 18.2 Å². The van der Waals surface area contributed by atoms with Gasteiger partial charge in [0.25, 0.3) is 11.7 Å². The zero-order valence-corrected chi connectivity index (χ0v) is 20.5. The molecular formula is C27H32N2O6. The normalized spacial score (nSPS) is 18.9. The largest absolute Gasteiger partial charge is 0.507 e. The Labute approximate surface area is 205 Å². The zero-order valence-electron chi connectivity index (χ0n) is 20.5. The maximum absolute atomic E-state index is 13.2. The van der Waals surface area contributed by atoms with Gasteiger partial charge in [-0.1, -0.05) is 25.5 Å². The van der Waals surface area contributed by atoms with Crippen LogP contribution in [-0.2, 0) is 9.59 Å². The third-order valence-corrected chi connectivity index (χ3v) is 6.08. The molecule has 8 nitrogen and oxygen atoms in total. The van der Waals surface area contributed by atoms with Gasteiger partial charge in [-0.05, 0) is 56.4 Å². The number of carbonyl (C=O) groups excluding carboxylic acids is 2. The lowest BCUT2D eigenvalue weighted by atomic mass is 9.95. The van der Waals surface area contributed by atoms with E-state index in [1.807, 2.05) is 43.3 Å². The first-order chi connectivity index (χ1) is 16.9. The number of amides is 1. The van der Waals surface area contributed by atoms with Crippen LogP contribution in [0.15, 0.2) is 48.0 Å². The van der Waals surface area contributed by atoms with Gasteiger partial charge >= 0.3 is 0 Å². The summed E-state index contributed by atoms with van der Waals surface area (Å²) in [4.78, 5) is 29.8. The van der Waals surface area contributed by atoms with Crippen LogP contribution in [0.5, 0.6) is 17.2 Å². The third kappa shape index (κ3) is 5.27. The number of ketones is 1. The van der Waals surface area contributed by atoms with Crippen molar-refractivity contribution in [3.05, 3.63) is 59.2 Å². The van der Waals surface area contributed by atoms with Crippen LogP contribution >= 0.6 is 0 Å². The molecule has 0 spiro atoms. The van der Waals surface area contributed by atoms with Gasteiger partial charge in [-0.3, -0.25) is 9.59 Å². The van der Waals surface area contributed by atoms with E-state index in [4.69, 9.17) is 14.2 Å². The summed E-state index contributed by atoms with van der Waals surface area (Å²) in [6.07, 6.45) is 1.94. The van der Waals surface area contributed by atoms with Crippen molar-refractivity contribution >= 4 is 17.4 Å². The van der Waals surface area contributed by atoms with E-state index in [2.05, 4.69) is 6.92 Å². The SMILES string of the molecule is CCCCOc1cccc([C@@H]2C(=C(O)c3ccc4c(c3)OCCO4)C(=O)C(=O)N2CCN(C)C)c1. The Morgan fingerprint density at radius 3 is 2.63 bits per heavy atom. The lowest BCUT2D eigenvalue weighted by Crippen LogP contribution is -2.35. The molecule has 4 rings (SSSR count). The summed E-state index contributed by atoms with van der Waals surface area (Å²) in [6, 6.07) is 11.6. The van der Waals surface area contributed by atoms with Crippen LogP contribution in [0.2, 0.25) is 0 Å². The van der Waals surface area contributed by atoms with Crippen LogP contribution in [-0.4, -0.2) is 73.6 Å². The molecule has 1 atom stereocenters. The van der Waals surface area contributed by atoms with Crippen molar-refractivity contribution in [1.29, 1.82) is 0 Å². The summed E-state index contributed by atoms with van der Waals surface area (Å²) >= 11 is 0. The van der Waals surface area contributed by atoms with Crippen LogP contribution in [0.25, 0.3) is 5.76 Å². The van der Waals surface area contributed by atoms with Crippen molar-refractivity contribution in [3.63, 3.8) is 0 Å². The highest BCUT2D eigenvalue weighted by atomic mass is 16.6. The number of Topliss-reactive ketones (excluding diaryl/α,β-unsaturated/α-hetero) is 1. The number of fused-ring (bicyclic) bond motifs is 1. The van der Waals surface area contributed by atoms with Crippen molar-refractivity contribution in [2.75, 3.05) is 47.0 Å². The highest BCUT2D eigenvalue weighted by Gasteiger charge is 2.46. The molecule has 186 valence electrons. The quantitative estimate of drug-likeness (QED) is 0.254. The molecule has 0 saturated carbocycles. The number of likely N-dealkylation sites (tertiary alicyclic amines) is 1. The Bertz CT molecular complexity index is 1130. The van der Waals surface area contributed by atoms with E-state index in [0.717, 1.165) is 12.8 Å². The van der Waals surface area contributed by atoms with E-state index >= 15 is 0 Å². The number of hydrogen-bond acceptors (Lipinski definition) is 7. The first kappa shape index (κ1) is 24.6. The zero-order chi connectivity index (χ0) is 24.9. The standard InChI is InChI=1S/C27H32N2O6/c1-4-5-13-33-20-8-6-7-18(16-20)24-23(26(31)27(32)29(24)12-11-28(2)3)25(30)19-9-10-21-22(17-19)35-15-14-34-21/h6-10,16-17,24,30H,4-5,11-15H2,1-3H3/t24-/m1/s1. The van der Waals surface area contributed by atoms with Gasteiger partial charge < -0.3 is 29.1 Å². The van der Waals surface area contributed by atoms with Gasteiger partial charge in [-0.15, -0.1) is 0 Å². The van der Waals surface area contributed by atoms with E-state index in [0.29, 0.717) is 61.3 Å². The topological polar surface area (TPSA) is 88.5 Å². The van der Waals surface area contributed by atoms with Crippen molar-refractivity contribution in [2.45, 2.75) is 25.8 Å². The first-order valence-electron chi connectivity index (χ1n) is 12.0. The minimum Gasteiger partial charge on any atom is -0.507 e. The van der Waals surface area contributed by atoms with Crippen LogP contribution in [0, 0.1) is 0 Å². The average molecular weight is 481 g/mol. The molecule has 0 aromatic heterocycles. The predicted molar refractivity (Wildman–Crippen MR) is 132 cm³/mol. The molecule has 1 N–H and O–H groups in total. The van der Waals surface area contributed by atoms with E-state index < -0.39 is 17.7 Å². The fourth-order valence-electron chi connectivity index (χ4n) is 4.22. The average Bonchev–Trinajstić information content (AvgIpc) is 3.12. The molecule has 1 amide bonds. The monoisotopic (exact) mass is 480 g/mol. The second kappa shape index (κ2) is 10.8. The number of hydrogen-bond donors (Lipinski definition) is 1. The molecule has 0 bridgehead atoms. The predicted octanol–water partition coefficient (Wildman–Crippen LogP) is 3.62. The van der Waals surface area contributed by atoms with Crippen LogP contribution in [0.3, 0.4) is 0 Å². The number of aliphatic hydroxyl groups is 1. The second-order valence-corrected chi connectivity index (χ2v) is 8.93. The lowest BCUT2D eigenvalue weighted by Gasteiger charge is -2.27. The van der Waals surface area contributed by atoms with E-state index in [9.17, 15) is 14.7 Å². The van der Waals surface area contributed by atoms with Gasteiger partial charge in [0.15, 0.2) is 11.5 Å². The molecule has 2 aliphatic rings. The first-order valence-corrected chi connectivity index (χ1v) is 12.0. The van der Waals surface area contributed by atoms with Gasteiger partial charge in [0.1, 0.15) is 24.7 Å². The number of benzene rings is 2. The molecule has 35 heavy (non-hydrogen) atoms. The fourth-order valence-corrected chi connectivity index (χ4v) is 4.22. The molecule has 0 unspecified atom stereocenters. The Morgan fingerprint density at radius 2 is 1.89 bits per heavy atom. The summed E-state index contributed by atoms with van der Waals surface area (Å²) in [5.41, 5.74) is 1.15. The summed E-state index contributed by atoms with van der Waals surface area (Å²) in [5, 5.41) is 11.3. The van der Waals surface area contributed by atoms with Gasteiger partial charge in [0, 0.05) is 18.7 Å². The smallest absolute Gasteiger partial charge is 0.295 e. The Hall–Kier alpha value is -3.52. The number of aliphatic hydroxyl groups excluding tert-OH is 1. The van der Waals surface area contributed by atoms with Crippen LogP contribution in [0.4, 0.5) is 0 Å². The van der Waals surface area contributed by atoms with E-state index in [1.165, 1.54) is 4.90 Å². The molecule has 2 aliphatic heterocycles. The number of carbonyl (C=O) groups is 2. The maximum atomic E-state index is 13.2. The van der Waals surface area contributed by atoms with Gasteiger partial charge in [-0.25, -0.2) is 0 Å². The van der Waals surface area contributed by atoms with Crippen molar-refractivity contribution in [1.82, 2.24) is 9.80 Å². The molecule has 2 aromatic rings. The highest BCUT2D eigenvalue weighted by Crippen LogP contribution is 2.41. The second-order valence-electron chi connectivity index (χ2n) is 8.93. The minimum atomic E-state index is -0.738. The molecule has 1 saturated heterocycles. The van der Waals surface area contributed by atoms with Crippen LogP contribution in [0.1, 0.15) is 36.9 Å². The van der Waals surface area contributed by atoms with Gasteiger partial charge in [0.2, 0.25) is 0 Å². The number of nitrogens with zero attached hydrogens (tertiary/aromatic N) is 2. The maximum Gasteiger partial charge on any atom is 0.295 e. The molecule has 2 heterocycles. The molecule has 0 radical (unpaired) electrons.